The van der Waals surface area contributed by atoms with Gasteiger partial charge in [0.1, 0.15) is 18.4 Å². The van der Waals surface area contributed by atoms with E-state index >= 15 is 0 Å². The molecular formula is C37H39ClFN3O4S. The van der Waals surface area contributed by atoms with Gasteiger partial charge in [0.15, 0.2) is 0 Å². The lowest BCUT2D eigenvalue weighted by atomic mass is 9.94. The minimum Gasteiger partial charge on any atom is -0.352 e. The Morgan fingerprint density at radius 3 is 2.19 bits per heavy atom. The lowest BCUT2D eigenvalue weighted by Gasteiger charge is -2.35. The van der Waals surface area contributed by atoms with Gasteiger partial charge in [0.05, 0.1) is 10.6 Å². The number of carbonyl (C=O) groups excluding carboxylic acids is 2. The average Bonchev–Trinajstić information content (AvgIpc) is 3.06. The van der Waals surface area contributed by atoms with Crippen LogP contribution in [0.2, 0.25) is 5.02 Å². The van der Waals surface area contributed by atoms with Crippen molar-refractivity contribution in [1.82, 2.24) is 10.2 Å². The third-order valence-corrected chi connectivity index (χ3v) is 10.5. The highest BCUT2D eigenvalue weighted by Gasteiger charge is 2.35. The van der Waals surface area contributed by atoms with Crippen LogP contribution in [0, 0.1) is 12.7 Å². The zero-order chi connectivity index (χ0) is 33.4. The molecule has 0 aromatic heterocycles. The van der Waals surface area contributed by atoms with Gasteiger partial charge >= 0.3 is 0 Å². The van der Waals surface area contributed by atoms with E-state index in [0.29, 0.717) is 10.6 Å². The smallest absolute Gasteiger partial charge is 0.264 e. The minimum atomic E-state index is -4.28. The summed E-state index contributed by atoms with van der Waals surface area (Å²) in [5.74, 6) is -1.44. The highest BCUT2D eigenvalue weighted by molar-refractivity contribution is 7.92. The van der Waals surface area contributed by atoms with Gasteiger partial charge in [0.2, 0.25) is 11.8 Å². The zero-order valence-corrected chi connectivity index (χ0v) is 27.9. The van der Waals surface area contributed by atoms with E-state index < -0.39 is 34.3 Å². The van der Waals surface area contributed by atoms with E-state index in [-0.39, 0.29) is 35.5 Å². The van der Waals surface area contributed by atoms with E-state index in [1.807, 2.05) is 43.3 Å². The van der Waals surface area contributed by atoms with Gasteiger partial charge in [-0.2, -0.15) is 0 Å². The number of hydrogen-bond donors (Lipinski definition) is 1. The molecule has 1 fully saturated rings. The molecule has 4 aromatic rings. The summed E-state index contributed by atoms with van der Waals surface area (Å²) in [6, 6.07) is 26.7. The summed E-state index contributed by atoms with van der Waals surface area (Å²) in [5.41, 5.74) is 2.52. The molecule has 2 amide bonds. The number of benzene rings is 4. The van der Waals surface area contributed by atoms with Crippen molar-refractivity contribution in [2.45, 2.75) is 69.0 Å². The molecule has 1 saturated carbocycles. The van der Waals surface area contributed by atoms with E-state index in [2.05, 4.69) is 5.32 Å². The number of carbonyl (C=O) groups is 2. The lowest BCUT2D eigenvalue weighted by Crippen LogP contribution is -2.55. The summed E-state index contributed by atoms with van der Waals surface area (Å²) in [5, 5.41) is 3.66. The summed E-state index contributed by atoms with van der Waals surface area (Å²) >= 11 is 6.32. The van der Waals surface area contributed by atoms with Crippen molar-refractivity contribution in [3.8, 4) is 0 Å². The third-order valence-electron chi connectivity index (χ3n) is 8.47. The molecule has 0 radical (unpaired) electrons. The lowest BCUT2D eigenvalue weighted by molar-refractivity contribution is -0.140. The van der Waals surface area contributed by atoms with Crippen LogP contribution in [0.15, 0.2) is 108 Å². The first kappa shape index (κ1) is 34.1. The number of nitrogens with zero attached hydrogens (tertiary/aromatic N) is 2. The Hall–Kier alpha value is -4.21. The van der Waals surface area contributed by atoms with Crippen molar-refractivity contribution in [2.75, 3.05) is 10.8 Å². The molecular weight excluding hydrogens is 637 g/mol. The van der Waals surface area contributed by atoms with Gasteiger partial charge in [0.25, 0.3) is 10.0 Å². The molecule has 1 aliphatic rings. The number of amides is 2. The first-order valence-electron chi connectivity index (χ1n) is 15.8. The van der Waals surface area contributed by atoms with Crippen LogP contribution >= 0.6 is 11.6 Å². The number of rotatable bonds is 12. The highest BCUT2D eigenvalue weighted by atomic mass is 35.5. The summed E-state index contributed by atoms with van der Waals surface area (Å²) in [7, 11) is -4.28. The summed E-state index contributed by atoms with van der Waals surface area (Å²) < 4.78 is 43.2. The van der Waals surface area contributed by atoms with E-state index in [1.54, 1.807) is 30.3 Å². The molecule has 7 nitrogen and oxygen atoms in total. The van der Waals surface area contributed by atoms with Gasteiger partial charge in [0, 0.05) is 24.0 Å². The molecule has 0 heterocycles. The molecule has 4 aromatic carbocycles. The molecule has 5 rings (SSSR count). The number of aryl methyl sites for hydroxylation is 1. The van der Waals surface area contributed by atoms with Crippen LogP contribution in [0.5, 0.6) is 0 Å². The van der Waals surface area contributed by atoms with Crippen molar-refractivity contribution in [3.63, 3.8) is 0 Å². The van der Waals surface area contributed by atoms with Crippen LogP contribution in [-0.2, 0) is 32.6 Å². The van der Waals surface area contributed by atoms with Crippen LogP contribution in [0.3, 0.4) is 0 Å². The van der Waals surface area contributed by atoms with E-state index in [1.165, 1.54) is 29.2 Å². The average molecular weight is 676 g/mol. The Morgan fingerprint density at radius 1 is 0.872 bits per heavy atom. The van der Waals surface area contributed by atoms with E-state index in [9.17, 15) is 22.4 Å². The second-order valence-corrected chi connectivity index (χ2v) is 14.3. The van der Waals surface area contributed by atoms with E-state index in [4.69, 9.17) is 11.6 Å². The maximum absolute atomic E-state index is 14.6. The summed E-state index contributed by atoms with van der Waals surface area (Å²) in [6.45, 7) is 1.23. The van der Waals surface area contributed by atoms with Gasteiger partial charge in [-0.25, -0.2) is 12.8 Å². The first-order chi connectivity index (χ1) is 22.6. The highest BCUT2D eigenvalue weighted by Crippen LogP contribution is 2.26. The van der Waals surface area contributed by atoms with Crippen molar-refractivity contribution in [3.05, 3.63) is 131 Å². The number of hydrogen-bond acceptors (Lipinski definition) is 4. The van der Waals surface area contributed by atoms with Crippen molar-refractivity contribution in [1.29, 1.82) is 0 Å². The second-order valence-electron chi connectivity index (χ2n) is 12.0. The monoisotopic (exact) mass is 675 g/mol. The van der Waals surface area contributed by atoms with Crippen LogP contribution in [0.25, 0.3) is 0 Å². The quantitative estimate of drug-likeness (QED) is 0.174. The Labute approximate surface area is 281 Å². The zero-order valence-electron chi connectivity index (χ0n) is 26.3. The predicted octanol–water partition coefficient (Wildman–Crippen LogP) is 7.07. The largest absolute Gasteiger partial charge is 0.352 e. The molecule has 1 aliphatic carbocycles. The van der Waals surface area contributed by atoms with Crippen LogP contribution in [-0.4, -0.2) is 43.8 Å². The van der Waals surface area contributed by atoms with Gasteiger partial charge in [-0.15, -0.1) is 0 Å². The maximum atomic E-state index is 14.6. The molecule has 1 atom stereocenters. The number of nitrogens with one attached hydrogen (secondary N) is 1. The summed E-state index contributed by atoms with van der Waals surface area (Å²) in [6.07, 6.45) is 5.09. The van der Waals surface area contributed by atoms with Crippen molar-refractivity contribution >= 4 is 39.1 Å². The molecule has 246 valence electrons. The molecule has 0 spiro atoms. The van der Waals surface area contributed by atoms with Crippen LogP contribution < -0.4 is 9.62 Å². The molecule has 10 heteroatoms. The normalized spacial score (nSPS) is 14.3. The van der Waals surface area contributed by atoms with Crippen LogP contribution in [0.4, 0.5) is 10.1 Å². The molecule has 0 unspecified atom stereocenters. The van der Waals surface area contributed by atoms with Crippen molar-refractivity contribution < 1.29 is 22.4 Å². The van der Waals surface area contributed by atoms with Gasteiger partial charge in [-0.1, -0.05) is 91.0 Å². The number of anilines is 1. The number of halogens is 2. The topological polar surface area (TPSA) is 86.8 Å². The van der Waals surface area contributed by atoms with Crippen LogP contribution in [0.1, 0.15) is 48.8 Å². The second kappa shape index (κ2) is 15.6. The molecule has 0 aliphatic heterocycles. The molecule has 0 bridgehead atoms. The fourth-order valence-corrected chi connectivity index (χ4v) is 7.53. The Kier molecular flexibility index (Phi) is 11.3. The SMILES string of the molecule is Cc1ccc(S(=O)(=O)N(CC(=O)N(Cc2cccc(Cl)c2)[C@@H](Cc2ccccc2)C(=O)NC2CCCCC2)c2ccc(F)cc2)cc1. The first-order valence-corrected chi connectivity index (χ1v) is 17.6. The van der Waals surface area contributed by atoms with Crippen molar-refractivity contribution in [2.24, 2.45) is 0 Å². The van der Waals surface area contributed by atoms with Gasteiger partial charge in [-0.05, 0) is 79.4 Å². The molecule has 0 saturated heterocycles. The minimum absolute atomic E-state index is 0.00438. The fraction of sp³-hybridized carbons (Fsp3) is 0.297. The van der Waals surface area contributed by atoms with E-state index in [0.717, 1.165) is 59.7 Å². The Balaban J connectivity index is 1.56. The van der Waals surface area contributed by atoms with Gasteiger partial charge in [-0.3, -0.25) is 13.9 Å². The number of sulfonamides is 1. The van der Waals surface area contributed by atoms with Gasteiger partial charge < -0.3 is 10.2 Å². The molecule has 1 N–H and O–H groups in total. The molecule has 47 heavy (non-hydrogen) atoms. The predicted molar refractivity (Wildman–Crippen MR) is 183 cm³/mol. The maximum Gasteiger partial charge on any atom is 0.264 e. The Morgan fingerprint density at radius 2 is 1.53 bits per heavy atom. The summed E-state index contributed by atoms with van der Waals surface area (Å²) in [4.78, 5) is 30.2. The fourth-order valence-electron chi connectivity index (χ4n) is 5.90. The standard InChI is InChI=1S/C37H39ClFN3O4S/c1-27-15-21-34(22-16-27)47(45,46)42(33-19-17-31(39)18-20-33)26-36(43)41(25-29-11-8-12-30(38)23-29)35(24-28-9-4-2-5-10-28)37(44)40-32-13-6-3-7-14-32/h2,4-5,8-12,15-23,32,35H,3,6-7,13-14,24-26H2,1H3,(H,40,44)/t35-/m0/s1. The third kappa shape index (κ3) is 8.99. The Bertz CT molecular complexity index is 1760.